The topological polar surface area (TPSA) is 38.2 Å². The number of thioether (sulfide) groups is 1. The van der Waals surface area contributed by atoms with E-state index in [1.807, 2.05) is 36.8 Å². The van der Waals surface area contributed by atoms with Crippen molar-refractivity contribution in [1.82, 2.24) is 9.97 Å². The van der Waals surface area contributed by atoms with Crippen molar-refractivity contribution in [1.29, 1.82) is 0 Å². The Morgan fingerprint density at radius 1 is 1.00 bits per heavy atom. The molecule has 32 heavy (non-hydrogen) atoms. The highest BCUT2D eigenvalue weighted by molar-refractivity contribution is 7.98. The first-order chi connectivity index (χ1) is 15.6. The first kappa shape index (κ1) is 21.3. The Morgan fingerprint density at radius 2 is 1.66 bits per heavy atom. The van der Waals surface area contributed by atoms with E-state index in [9.17, 15) is 4.39 Å². The number of hydrogen-bond acceptors (Lipinski definition) is 5. The van der Waals surface area contributed by atoms with Gasteiger partial charge in [-0.2, -0.15) is 0 Å². The molecule has 0 N–H and O–H groups in total. The van der Waals surface area contributed by atoms with Crippen LogP contribution in [0.5, 0.6) is 5.75 Å². The largest absolute Gasteiger partial charge is 0.487 e. The van der Waals surface area contributed by atoms with Crippen molar-refractivity contribution in [2.75, 3.05) is 24.2 Å². The molecular weight excluding hydrogens is 421 g/mol. The van der Waals surface area contributed by atoms with Gasteiger partial charge in [-0.05, 0) is 78.3 Å². The Hall–Kier alpha value is -2.60. The predicted molar refractivity (Wildman–Crippen MR) is 128 cm³/mol. The summed E-state index contributed by atoms with van der Waals surface area (Å²) >= 11 is 1.70. The van der Waals surface area contributed by atoms with Crippen molar-refractivity contribution < 1.29 is 9.13 Å². The quantitative estimate of drug-likeness (QED) is 0.441. The lowest BCUT2D eigenvalue weighted by Gasteiger charge is -2.20. The van der Waals surface area contributed by atoms with Crippen LogP contribution in [-0.4, -0.2) is 35.4 Å². The second kappa shape index (κ2) is 9.10. The number of benzene rings is 2. The molecule has 2 unspecified atom stereocenters. The smallest absolute Gasteiger partial charge is 0.225 e. The summed E-state index contributed by atoms with van der Waals surface area (Å²) in [5.41, 5.74) is 3.04. The van der Waals surface area contributed by atoms with Crippen molar-refractivity contribution in [2.24, 2.45) is 11.8 Å². The third kappa shape index (κ3) is 4.33. The van der Waals surface area contributed by atoms with Crippen LogP contribution in [0.3, 0.4) is 0 Å². The molecule has 0 spiro atoms. The molecule has 1 aliphatic carbocycles. The fraction of sp³-hybridized carbons (Fsp3) is 0.385. The molecule has 0 bridgehead atoms. The van der Waals surface area contributed by atoms with Crippen LogP contribution >= 0.6 is 11.8 Å². The first-order valence-corrected chi connectivity index (χ1v) is 12.5. The van der Waals surface area contributed by atoms with Gasteiger partial charge in [-0.3, -0.25) is 0 Å². The minimum absolute atomic E-state index is 0.0664. The van der Waals surface area contributed by atoms with Crippen molar-refractivity contribution in [2.45, 2.75) is 37.2 Å². The Labute approximate surface area is 193 Å². The van der Waals surface area contributed by atoms with Crippen LogP contribution in [0.15, 0.2) is 59.8 Å². The van der Waals surface area contributed by atoms with E-state index >= 15 is 0 Å². The molecule has 166 valence electrons. The van der Waals surface area contributed by atoms with Gasteiger partial charge >= 0.3 is 0 Å². The Bertz CT molecular complexity index is 1060. The lowest BCUT2D eigenvalue weighted by Crippen LogP contribution is -2.25. The molecule has 0 amide bonds. The first-order valence-electron chi connectivity index (χ1n) is 11.3. The van der Waals surface area contributed by atoms with Crippen LogP contribution in [-0.2, 0) is 6.42 Å². The number of anilines is 1. The summed E-state index contributed by atoms with van der Waals surface area (Å²) in [6, 6.07) is 13.5. The van der Waals surface area contributed by atoms with Gasteiger partial charge in [0, 0.05) is 30.4 Å². The lowest BCUT2D eigenvalue weighted by molar-refractivity contribution is 0.192. The fourth-order valence-corrected chi connectivity index (χ4v) is 5.34. The van der Waals surface area contributed by atoms with E-state index in [2.05, 4.69) is 33.9 Å². The number of aromatic nitrogens is 2. The average Bonchev–Trinajstić information content (AvgIpc) is 3.39. The number of fused-ring (bicyclic) bond motifs is 1. The van der Waals surface area contributed by atoms with E-state index < -0.39 is 0 Å². The molecule has 1 saturated heterocycles. The van der Waals surface area contributed by atoms with Gasteiger partial charge in [-0.25, -0.2) is 14.4 Å². The van der Waals surface area contributed by atoms with E-state index in [4.69, 9.17) is 4.74 Å². The molecule has 4 nitrogen and oxygen atoms in total. The summed E-state index contributed by atoms with van der Waals surface area (Å²) < 4.78 is 20.9. The molecule has 0 radical (unpaired) electrons. The second-order valence-electron chi connectivity index (χ2n) is 8.75. The standard InChI is InChI=1S/C26H28FN3OS/c1-3-17-13-28-26(29-14-17)30-15-20-10-22(11-21(20)16-30)31-25-9-6-19(12-24(25)27)18-4-7-23(32-2)8-5-18/h4-9,12-14,20-22H,3,10-11,15-16H2,1-2H3. The van der Waals surface area contributed by atoms with Crippen molar-refractivity contribution in [3.8, 4) is 16.9 Å². The van der Waals surface area contributed by atoms with Crippen LogP contribution in [0.4, 0.5) is 10.3 Å². The van der Waals surface area contributed by atoms with Crippen LogP contribution < -0.4 is 9.64 Å². The van der Waals surface area contributed by atoms with E-state index in [0.29, 0.717) is 17.6 Å². The van der Waals surface area contributed by atoms with E-state index in [-0.39, 0.29) is 11.9 Å². The molecule has 2 heterocycles. The minimum atomic E-state index is -0.292. The maximum absolute atomic E-state index is 14.8. The van der Waals surface area contributed by atoms with Gasteiger partial charge in [-0.1, -0.05) is 25.1 Å². The normalized spacial score (nSPS) is 22.2. The molecule has 6 heteroatoms. The monoisotopic (exact) mass is 449 g/mol. The number of nitrogens with zero attached hydrogens (tertiary/aromatic N) is 3. The molecule has 2 aliphatic rings. The highest BCUT2D eigenvalue weighted by Crippen LogP contribution is 2.41. The molecule has 3 aromatic rings. The van der Waals surface area contributed by atoms with Crippen molar-refractivity contribution in [3.05, 3.63) is 66.2 Å². The van der Waals surface area contributed by atoms with Gasteiger partial charge in [0.05, 0.1) is 6.10 Å². The highest BCUT2D eigenvalue weighted by Gasteiger charge is 2.42. The summed E-state index contributed by atoms with van der Waals surface area (Å²) in [7, 11) is 0. The van der Waals surface area contributed by atoms with Gasteiger partial charge < -0.3 is 9.64 Å². The molecule has 2 atom stereocenters. The van der Waals surface area contributed by atoms with Gasteiger partial charge in [0.1, 0.15) is 0 Å². The molecule has 1 saturated carbocycles. The number of halogens is 1. The van der Waals surface area contributed by atoms with Crippen LogP contribution in [0, 0.1) is 17.7 Å². The summed E-state index contributed by atoms with van der Waals surface area (Å²) in [6.45, 7) is 4.00. The third-order valence-corrected chi connectivity index (χ3v) is 7.48. The Kier molecular flexibility index (Phi) is 6.05. The number of rotatable bonds is 6. The van der Waals surface area contributed by atoms with Crippen molar-refractivity contribution >= 4 is 17.7 Å². The van der Waals surface area contributed by atoms with Gasteiger partial charge in [0.25, 0.3) is 0 Å². The van der Waals surface area contributed by atoms with E-state index in [1.54, 1.807) is 23.9 Å². The zero-order chi connectivity index (χ0) is 22.1. The van der Waals surface area contributed by atoms with Gasteiger partial charge in [-0.15, -0.1) is 11.8 Å². The fourth-order valence-electron chi connectivity index (χ4n) is 4.94. The Balaban J connectivity index is 1.20. The van der Waals surface area contributed by atoms with Crippen molar-refractivity contribution in [3.63, 3.8) is 0 Å². The van der Waals surface area contributed by atoms with E-state index in [0.717, 1.165) is 55.0 Å². The second-order valence-corrected chi connectivity index (χ2v) is 9.63. The number of aryl methyl sites for hydroxylation is 1. The van der Waals surface area contributed by atoms with Crippen LogP contribution in [0.25, 0.3) is 11.1 Å². The lowest BCUT2D eigenvalue weighted by atomic mass is 10.0. The average molecular weight is 450 g/mol. The summed E-state index contributed by atoms with van der Waals surface area (Å²) in [5, 5.41) is 0. The molecule has 1 aliphatic heterocycles. The van der Waals surface area contributed by atoms with Crippen LogP contribution in [0.2, 0.25) is 0 Å². The van der Waals surface area contributed by atoms with E-state index in [1.165, 1.54) is 4.90 Å². The van der Waals surface area contributed by atoms with Crippen LogP contribution in [0.1, 0.15) is 25.3 Å². The maximum atomic E-state index is 14.8. The Morgan fingerprint density at radius 3 is 2.25 bits per heavy atom. The molecule has 2 fully saturated rings. The summed E-state index contributed by atoms with van der Waals surface area (Å²) in [4.78, 5) is 12.5. The molecule has 5 rings (SSSR count). The number of ether oxygens (including phenoxy) is 1. The predicted octanol–water partition coefficient (Wildman–Crippen LogP) is 5.86. The SMILES string of the molecule is CCc1cnc(N2CC3CC(Oc4ccc(-c5ccc(SC)cc5)cc4F)CC3C2)nc1. The molecule has 2 aromatic carbocycles. The number of hydrogen-bond donors (Lipinski definition) is 0. The zero-order valence-electron chi connectivity index (χ0n) is 18.5. The summed E-state index contributed by atoms with van der Waals surface area (Å²) in [5.74, 6) is 1.98. The maximum Gasteiger partial charge on any atom is 0.225 e. The molecule has 1 aromatic heterocycles. The van der Waals surface area contributed by atoms with Gasteiger partial charge in [0.2, 0.25) is 5.95 Å². The highest BCUT2D eigenvalue weighted by atomic mass is 32.2. The third-order valence-electron chi connectivity index (χ3n) is 6.74. The molecular formula is C26H28FN3OS. The van der Waals surface area contributed by atoms with Gasteiger partial charge in [0.15, 0.2) is 11.6 Å². The summed E-state index contributed by atoms with van der Waals surface area (Å²) in [6.07, 6.45) is 8.81. The minimum Gasteiger partial charge on any atom is -0.487 e. The zero-order valence-corrected chi connectivity index (χ0v) is 19.3.